The summed E-state index contributed by atoms with van der Waals surface area (Å²) in [5, 5.41) is 10.7. The monoisotopic (exact) mass is 414 g/mol. The van der Waals surface area contributed by atoms with Crippen LogP contribution in [0.5, 0.6) is 11.5 Å². The number of benzene rings is 2. The number of hydrogen-bond donors (Lipinski definition) is 1. The lowest BCUT2D eigenvalue weighted by atomic mass is 10.1. The van der Waals surface area contributed by atoms with Crippen molar-refractivity contribution in [3.63, 3.8) is 0 Å². The van der Waals surface area contributed by atoms with Gasteiger partial charge in [0.15, 0.2) is 0 Å². The Hall–Kier alpha value is -2.12. The van der Waals surface area contributed by atoms with Gasteiger partial charge in [-0.25, -0.2) is 0 Å². The molecule has 0 amide bonds. The fourth-order valence-corrected chi connectivity index (χ4v) is 3.68. The van der Waals surface area contributed by atoms with E-state index in [2.05, 4.69) is 41.0 Å². The minimum absolute atomic E-state index is 0.252. The average Bonchev–Trinajstić information content (AvgIpc) is 2.79. The van der Waals surface area contributed by atoms with Gasteiger partial charge in [-0.1, -0.05) is 30.3 Å². The summed E-state index contributed by atoms with van der Waals surface area (Å²) in [7, 11) is 1.64. The number of rotatable bonds is 11. The number of nitrogens with zero attached hydrogens (tertiary/aromatic N) is 2. The van der Waals surface area contributed by atoms with Gasteiger partial charge in [0.2, 0.25) is 0 Å². The van der Waals surface area contributed by atoms with Crippen LogP contribution in [0.2, 0.25) is 0 Å². The zero-order valence-corrected chi connectivity index (χ0v) is 18.1. The first-order chi connectivity index (χ1) is 14.6. The van der Waals surface area contributed by atoms with E-state index in [1.54, 1.807) is 7.11 Å². The quantitative estimate of drug-likeness (QED) is 0.610. The lowest BCUT2D eigenvalue weighted by Crippen LogP contribution is -2.48. The highest BCUT2D eigenvalue weighted by molar-refractivity contribution is 5.31. The van der Waals surface area contributed by atoms with Crippen LogP contribution in [0.3, 0.4) is 0 Å². The van der Waals surface area contributed by atoms with Gasteiger partial charge in [0.05, 0.1) is 20.3 Å². The summed E-state index contributed by atoms with van der Waals surface area (Å²) in [5.41, 5.74) is 1.25. The third-order valence-electron chi connectivity index (χ3n) is 5.43. The second kappa shape index (κ2) is 11.9. The zero-order valence-electron chi connectivity index (χ0n) is 18.1. The molecule has 6 nitrogen and oxygen atoms in total. The van der Waals surface area contributed by atoms with Crippen LogP contribution in [0.15, 0.2) is 54.6 Å². The topological polar surface area (TPSA) is 54.4 Å². The first-order valence-corrected chi connectivity index (χ1v) is 10.7. The average molecular weight is 415 g/mol. The number of hydrogen-bond acceptors (Lipinski definition) is 6. The highest BCUT2D eigenvalue weighted by Crippen LogP contribution is 2.18. The Balaban J connectivity index is 1.56. The summed E-state index contributed by atoms with van der Waals surface area (Å²) in [6, 6.07) is 18.1. The molecule has 0 spiro atoms. The molecule has 164 valence electrons. The van der Waals surface area contributed by atoms with Gasteiger partial charge in [0, 0.05) is 38.8 Å². The van der Waals surface area contributed by atoms with E-state index >= 15 is 0 Å². The van der Waals surface area contributed by atoms with Gasteiger partial charge in [-0.2, -0.15) is 0 Å². The summed E-state index contributed by atoms with van der Waals surface area (Å²) < 4.78 is 16.4. The lowest BCUT2D eigenvalue weighted by molar-refractivity contribution is 0.0110. The van der Waals surface area contributed by atoms with Gasteiger partial charge in [-0.15, -0.1) is 0 Å². The molecule has 30 heavy (non-hydrogen) atoms. The van der Waals surface area contributed by atoms with Crippen molar-refractivity contribution in [1.29, 1.82) is 0 Å². The van der Waals surface area contributed by atoms with Gasteiger partial charge in [-0.3, -0.25) is 9.80 Å². The third kappa shape index (κ3) is 7.29. The van der Waals surface area contributed by atoms with Crippen LogP contribution >= 0.6 is 0 Å². The van der Waals surface area contributed by atoms with E-state index in [0.717, 1.165) is 50.9 Å². The number of aliphatic hydroxyl groups excluding tert-OH is 1. The molecule has 0 radical (unpaired) electrons. The smallest absolute Gasteiger partial charge is 0.119 e. The first-order valence-electron chi connectivity index (χ1n) is 10.7. The molecule has 0 aliphatic carbocycles. The Bertz CT molecular complexity index is 720. The largest absolute Gasteiger partial charge is 0.497 e. The molecule has 1 N–H and O–H groups in total. The SMILES string of the molecule is COc1ccc(OCC(O)CN(Cc2ccccc2)C(C)CN2CCOCC2)cc1. The summed E-state index contributed by atoms with van der Waals surface area (Å²) in [6.07, 6.45) is -0.581. The first kappa shape index (κ1) is 22.6. The van der Waals surface area contributed by atoms with Crippen LogP contribution in [0, 0.1) is 0 Å². The van der Waals surface area contributed by atoms with Crippen LogP contribution in [0.1, 0.15) is 12.5 Å². The highest BCUT2D eigenvalue weighted by atomic mass is 16.5. The van der Waals surface area contributed by atoms with E-state index in [1.807, 2.05) is 30.3 Å². The predicted octanol–water partition coefficient (Wildman–Crippen LogP) is 2.66. The van der Waals surface area contributed by atoms with Crippen molar-refractivity contribution in [2.75, 3.05) is 53.1 Å². The number of methoxy groups -OCH3 is 1. The number of morpholine rings is 1. The summed E-state index contributed by atoms with van der Waals surface area (Å²) in [4.78, 5) is 4.78. The molecule has 1 saturated heterocycles. The minimum Gasteiger partial charge on any atom is -0.497 e. The van der Waals surface area contributed by atoms with Crippen LogP contribution in [0.4, 0.5) is 0 Å². The fraction of sp³-hybridized carbons (Fsp3) is 0.500. The third-order valence-corrected chi connectivity index (χ3v) is 5.43. The lowest BCUT2D eigenvalue weighted by Gasteiger charge is -2.36. The Morgan fingerprint density at radius 3 is 2.37 bits per heavy atom. The van der Waals surface area contributed by atoms with Crippen LogP contribution in [-0.4, -0.2) is 80.2 Å². The molecule has 2 aromatic rings. The Labute approximate surface area is 180 Å². The maximum Gasteiger partial charge on any atom is 0.119 e. The van der Waals surface area contributed by atoms with Crippen molar-refractivity contribution in [2.45, 2.75) is 25.6 Å². The second-order valence-electron chi connectivity index (χ2n) is 7.82. The molecule has 2 aromatic carbocycles. The Kier molecular flexibility index (Phi) is 8.96. The molecule has 1 fully saturated rings. The molecule has 1 aliphatic heterocycles. The highest BCUT2D eigenvalue weighted by Gasteiger charge is 2.22. The van der Waals surface area contributed by atoms with Gasteiger partial charge in [0.1, 0.15) is 24.2 Å². The van der Waals surface area contributed by atoms with Gasteiger partial charge in [0.25, 0.3) is 0 Å². The van der Waals surface area contributed by atoms with Crippen LogP contribution < -0.4 is 9.47 Å². The summed E-state index contributed by atoms with van der Waals surface area (Å²) >= 11 is 0. The van der Waals surface area contributed by atoms with Crippen molar-refractivity contribution in [3.05, 3.63) is 60.2 Å². The molecule has 1 heterocycles. The molecular formula is C24H34N2O4. The fourth-order valence-electron chi connectivity index (χ4n) is 3.68. The minimum atomic E-state index is -0.581. The van der Waals surface area contributed by atoms with E-state index in [-0.39, 0.29) is 6.61 Å². The molecule has 2 unspecified atom stereocenters. The van der Waals surface area contributed by atoms with E-state index < -0.39 is 6.10 Å². The predicted molar refractivity (Wildman–Crippen MR) is 118 cm³/mol. The molecule has 2 atom stereocenters. The van der Waals surface area contributed by atoms with Crippen molar-refractivity contribution >= 4 is 0 Å². The zero-order chi connectivity index (χ0) is 21.2. The van der Waals surface area contributed by atoms with Gasteiger partial charge < -0.3 is 19.3 Å². The molecule has 0 bridgehead atoms. The molecule has 0 saturated carbocycles. The second-order valence-corrected chi connectivity index (χ2v) is 7.82. The molecule has 0 aromatic heterocycles. The van der Waals surface area contributed by atoms with Crippen LogP contribution in [0.25, 0.3) is 0 Å². The van der Waals surface area contributed by atoms with Crippen molar-refractivity contribution in [3.8, 4) is 11.5 Å². The molecule has 1 aliphatic rings. The van der Waals surface area contributed by atoms with Crippen LogP contribution in [-0.2, 0) is 11.3 Å². The summed E-state index contributed by atoms with van der Waals surface area (Å²) in [5.74, 6) is 1.51. The molecule has 3 rings (SSSR count). The summed E-state index contributed by atoms with van der Waals surface area (Å²) in [6.45, 7) is 8.31. The number of aliphatic hydroxyl groups is 1. The number of ether oxygens (including phenoxy) is 3. The molecular weight excluding hydrogens is 380 g/mol. The van der Waals surface area contributed by atoms with Gasteiger partial charge >= 0.3 is 0 Å². The standard InChI is InChI=1S/C24H34N2O4/c1-20(16-25-12-14-29-15-13-25)26(17-21-6-4-3-5-7-21)18-22(27)19-30-24-10-8-23(28-2)9-11-24/h3-11,20,22,27H,12-19H2,1-2H3. The maximum atomic E-state index is 10.7. The van der Waals surface area contributed by atoms with E-state index in [1.165, 1.54) is 5.56 Å². The molecule has 6 heteroatoms. The van der Waals surface area contributed by atoms with E-state index in [0.29, 0.717) is 12.6 Å². The van der Waals surface area contributed by atoms with E-state index in [9.17, 15) is 5.11 Å². The van der Waals surface area contributed by atoms with Crippen molar-refractivity contribution < 1.29 is 19.3 Å². The van der Waals surface area contributed by atoms with Crippen molar-refractivity contribution in [2.24, 2.45) is 0 Å². The maximum absolute atomic E-state index is 10.7. The Morgan fingerprint density at radius 1 is 1.03 bits per heavy atom. The van der Waals surface area contributed by atoms with E-state index in [4.69, 9.17) is 14.2 Å². The van der Waals surface area contributed by atoms with Crippen molar-refractivity contribution in [1.82, 2.24) is 9.80 Å². The normalized spacial score (nSPS) is 16.9. The Morgan fingerprint density at radius 2 is 1.70 bits per heavy atom. The van der Waals surface area contributed by atoms with Gasteiger partial charge in [-0.05, 0) is 36.8 Å².